The minimum absolute atomic E-state index is 0.298. The van der Waals surface area contributed by atoms with Gasteiger partial charge in [0.1, 0.15) is 5.82 Å². The molecule has 0 atom stereocenters. The molecule has 1 aromatic heterocycles. The number of anilines is 3. The fourth-order valence-electron chi connectivity index (χ4n) is 2.39. The van der Waals surface area contributed by atoms with Crippen LogP contribution in [-0.2, 0) is 0 Å². The molecule has 0 spiro atoms. The largest absolute Gasteiger partial charge is 0.360 e. The van der Waals surface area contributed by atoms with Crippen molar-refractivity contribution in [1.82, 2.24) is 10.3 Å². The molecule has 3 aromatic rings. The molecular weight excluding hydrogens is 316 g/mol. The maximum absolute atomic E-state index is 5.23. The summed E-state index contributed by atoms with van der Waals surface area (Å²) in [5.41, 5.74) is 1.87. The maximum Gasteiger partial charge on any atom is 0.171 e. The highest BCUT2D eigenvalue weighted by Crippen LogP contribution is 2.21. The molecule has 0 amide bonds. The third-order valence-corrected chi connectivity index (χ3v) is 3.68. The quantitative estimate of drug-likeness (QED) is 0.604. The summed E-state index contributed by atoms with van der Waals surface area (Å²) < 4.78 is 0. The number of hydrogen-bond donors (Lipinski definition) is 3. The number of hydrogen-bond acceptors (Lipinski definition) is 3. The van der Waals surface area contributed by atoms with Gasteiger partial charge in [-0.1, -0.05) is 30.3 Å². The zero-order valence-corrected chi connectivity index (χ0v) is 14.5. The van der Waals surface area contributed by atoms with Gasteiger partial charge in [0.2, 0.25) is 0 Å². The average molecular weight is 336 g/mol. The number of nitrogens with one attached hydrogen (secondary N) is 3. The van der Waals surface area contributed by atoms with Crippen molar-refractivity contribution in [3.05, 3.63) is 60.8 Å². The molecular formula is C19H20N4S. The maximum atomic E-state index is 5.23. The van der Waals surface area contributed by atoms with E-state index >= 15 is 0 Å². The monoisotopic (exact) mass is 336 g/mol. The Balaban J connectivity index is 1.67. The summed E-state index contributed by atoms with van der Waals surface area (Å²) >= 11 is 5.23. The van der Waals surface area contributed by atoms with Crippen LogP contribution in [0, 0.1) is 0 Å². The van der Waals surface area contributed by atoms with E-state index in [4.69, 9.17) is 12.2 Å². The zero-order chi connectivity index (χ0) is 16.9. The first-order chi connectivity index (χ1) is 11.6. The van der Waals surface area contributed by atoms with Crippen LogP contribution in [-0.4, -0.2) is 16.1 Å². The van der Waals surface area contributed by atoms with Crippen LogP contribution < -0.4 is 16.0 Å². The Labute approximate surface area is 147 Å². The van der Waals surface area contributed by atoms with Crippen LogP contribution in [0.3, 0.4) is 0 Å². The van der Waals surface area contributed by atoms with Gasteiger partial charge >= 0.3 is 0 Å². The van der Waals surface area contributed by atoms with Gasteiger partial charge in [0, 0.05) is 11.7 Å². The van der Waals surface area contributed by atoms with Crippen LogP contribution >= 0.6 is 12.2 Å². The van der Waals surface area contributed by atoms with E-state index < -0.39 is 0 Å². The second kappa shape index (κ2) is 7.27. The van der Waals surface area contributed by atoms with Crippen LogP contribution in [0.2, 0.25) is 0 Å². The topological polar surface area (TPSA) is 49.0 Å². The van der Waals surface area contributed by atoms with Gasteiger partial charge in [0.05, 0.1) is 11.9 Å². The van der Waals surface area contributed by atoms with Crippen LogP contribution in [0.5, 0.6) is 0 Å². The van der Waals surface area contributed by atoms with Crippen molar-refractivity contribution in [3.8, 4) is 0 Å². The Morgan fingerprint density at radius 2 is 1.71 bits per heavy atom. The van der Waals surface area contributed by atoms with Crippen molar-refractivity contribution in [2.75, 3.05) is 10.6 Å². The molecule has 0 saturated carbocycles. The Morgan fingerprint density at radius 3 is 2.42 bits per heavy atom. The van der Waals surface area contributed by atoms with Gasteiger partial charge in [-0.2, -0.15) is 0 Å². The van der Waals surface area contributed by atoms with Crippen molar-refractivity contribution in [2.24, 2.45) is 0 Å². The summed E-state index contributed by atoms with van der Waals surface area (Å²) in [6.45, 7) is 4.09. The van der Waals surface area contributed by atoms with Crippen molar-refractivity contribution in [1.29, 1.82) is 0 Å². The molecule has 0 fully saturated rings. The predicted octanol–water partition coefficient (Wildman–Crippen LogP) is 4.67. The first-order valence-corrected chi connectivity index (χ1v) is 8.30. The highest BCUT2D eigenvalue weighted by atomic mass is 32.1. The van der Waals surface area contributed by atoms with Gasteiger partial charge in [0.15, 0.2) is 5.11 Å². The first kappa shape index (κ1) is 16.2. The van der Waals surface area contributed by atoms with Crippen LogP contribution in [0.25, 0.3) is 10.8 Å². The van der Waals surface area contributed by atoms with Crippen LogP contribution in [0.4, 0.5) is 17.2 Å². The van der Waals surface area contributed by atoms with E-state index in [1.807, 2.05) is 38.1 Å². The number of pyridine rings is 1. The van der Waals surface area contributed by atoms with Crippen molar-refractivity contribution in [3.63, 3.8) is 0 Å². The molecule has 4 nitrogen and oxygen atoms in total. The molecule has 5 heteroatoms. The van der Waals surface area contributed by atoms with Crippen molar-refractivity contribution in [2.45, 2.75) is 19.9 Å². The molecule has 0 unspecified atom stereocenters. The molecule has 0 saturated heterocycles. The number of aromatic nitrogens is 1. The highest BCUT2D eigenvalue weighted by molar-refractivity contribution is 7.80. The highest BCUT2D eigenvalue weighted by Gasteiger charge is 2.02. The molecule has 0 bridgehead atoms. The van der Waals surface area contributed by atoms with E-state index in [0.717, 1.165) is 17.2 Å². The first-order valence-electron chi connectivity index (χ1n) is 7.89. The van der Waals surface area contributed by atoms with Gasteiger partial charge in [-0.15, -0.1) is 0 Å². The van der Waals surface area contributed by atoms with E-state index in [2.05, 4.69) is 51.3 Å². The molecule has 122 valence electrons. The smallest absolute Gasteiger partial charge is 0.171 e. The van der Waals surface area contributed by atoms with Gasteiger partial charge < -0.3 is 16.0 Å². The Hall–Kier alpha value is -2.66. The van der Waals surface area contributed by atoms with Gasteiger partial charge in [-0.25, -0.2) is 4.98 Å². The summed E-state index contributed by atoms with van der Waals surface area (Å²) in [5.74, 6) is 0.790. The molecule has 1 heterocycles. The lowest BCUT2D eigenvalue weighted by molar-refractivity contribution is 0.739. The van der Waals surface area contributed by atoms with E-state index in [0.29, 0.717) is 11.2 Å². The van der Waals surface area contributed by atoms with Crippen LogP contribution in [0.1, 0.15) is 13.8 Å². The average Bonchev–Trinajstić information content (AvgIpc) is 2.56. The molecule has 3 N–H and O–H groups in total. The fraction of sp³-hybridized carbons (Fsp3) is 0.158. The van der Waals surface area contributed by atoms with E-state index in [-0.39, 0.29) is 0 Å². The normalized spacial score (nSPS) is 10.6. The number of fused-ring (bicyclic) bond motifs is 1. The van der Waals surface area contributed by atoms with Crippen molar-refractivity contribution >= 4 is 45.3 Å². The lowest BCUT2D eigenvalue weighted by Crippen LogP contribution is -2.33. The Bertz CT molecular complexity index is 843. The second-order valence-corrected chi connectivity index (χ2v) is 6.28. The predicted molar refractivity (Wildman–Crippen MR) is 106 cm³/mol. The fourth-order valence-corrected chi connectivity index (χ4v) is 2.74. The van der Waals surface area contributed by atoms with E-state index in [1.165, 1.54) is 10.8 Å². The minimum Gasteiger partial charge on any atom is -0.360 e. The molecule has 24 heavy (non-hydrogen) atoms. The van der Waals surface area contributed by atoms with Gasteiger partial charge in [-0.05, 0) is 61.1 Å². The lowest BCUT2D eigenvalue weighted by Gasteiger charge is -2.13. The van der Waals surface area contributed by atoms with Crippen molar-refractivity contribution < 1.29 is 0 Å². The SMILES string of the molecule is CC(C)NC(=S)Nc1ccc(Nc2ccc3ccccc3c2)nc1. The number of thiocarbonyl (C=S) groups is 1. The summed E-state index contributed by atoms with van der Waals surface area (Å²) in [4.78, 5) is 4.43. The number of rotatable bonds is 4. The standard InChI is InChI=1S/C19H20N4S/c1-13(2)21-19(24)23-17-9-10-18(20-12-17)22-16-8-7-14-5-3-4-6-15(14)11-16/h3-13H,1-2H3,(H,20,22)(H2,21,23,24). The lowest BCUT2D eigenvalue weighted by atomic mass is 10.1. The van der Waals surface area contributed by atoms with Crippen LogP contribution in [0.15, 0.2) is 60.8 Å². The molecule has 3 rings (SSSR count). The number of benzene rings is 2. The molecule has 0 aliphatic carbocycles. The Kier molecular flexibility index (Phi) is 4.91. The van der Waals surface area contributed by atoms with Gasteiger partial charge in [-0.3, -0.25) is 0 Å². The summed E-state index contributed by atoms with van der Waals surface area (Å²) in [6.07, 6.45) is 1.76. The summed E-state index contributed by atoms with van der Waals surface area (Å²) in [5, 5.41) is 12.6. The van der Waals surface area contributed by atoms with E-state index in [1.54, 1.807) is 6.20 Å². The summed E-state index contributed by atoms with van der Waals surface area (Å²) in [7, 11) is 0. The molecule has 0 radical (unpaired) electrons. The molecule has 0 aliphatic rings. The number of nitrogens with zero attached hydrogens (tertiary/aromatic N) is 1. The minimum atomic E-state index is 0.298. The Morgan fingerprint density at radius 1 is 0.958 bits per heavy atom. The van der Waals surface area contributed by atoms with E-state index in [9.17, 15) is 0 Å². The molecule has 0 aliphatic heterocycles. The third kappa shape index (κ3) is 4.20. The second-order valence-electron chi connectivity index (χ2n) is 5.87. The zero-order valence-electron chi connectivity index (χ0n) is 13.7. The summed E-state index contributed by atoms with van der Waals surface area (Å²) in [6, 6.07) is 18.7. The molecule has 2 aromatic carbocycles. The third-order valence-electron chi connectivity index (χ3n) is 3.46. The van der Waals surface area contributed by atoms with Gasteiger partial charge in [0.25, 0.3) is 0 Å².